The molecule has 1 saturated heterocycles. The largest absolute Gasteiger partial charge is 0.325 e. The molecule has 0 unspecified atom stereocenters. The van der Waals surface area contributed by atoms with Crippen LogP contribution in [0.4, 0.5) is 33.7 Å². The predicted octanol–water partition coefficient (Wildman–Crippen LogP) is 3.12. The molecule has 0 spiro atoms. The van der Waals surface area contributed by atoms with E-state index in [1.807, 2.05) is 0 Å². The number of hydrogen-bond donors (Lipinski definition) is 1. The summed E-state index contributed by atoms with van der Waals surface area (Å²) in [4.78, 5) is 26.9. The second kappa shape index (κ2) is 7.03. The van der Waals surface area contributed by atoms with Gasteiger partial charge in [-0.05, 0) is 36.4 Å². The molecule has 0 bridgehead atoms. The van der Waals surface area contributed by atoms with Crippen molar-refractivity contribution >= 4 is 23.3 Å². The maximum atomic E-state index is 13.6. The Morgan fingerprint density at radius 3 is 2.35 bits per heavy atom. The van der Waals surface area contributed by atoms with Crippen LogP contribution in [0.2, 0.25) is 0 Å². The highest BCUT2D eigenvalue weighted by Gasteiger charge is 2.31. The van der Waals surface area contributed by atoms with Crippen molar-refractivity contribution in [2.75, 3.05) is 29.9 Å². The summed E-state index contributed by atoms with van der Waals surface area (Å²) in [5.41, 5.74) is -0.0399. The lowest BCUT2D eigenvalue weighted by atomic mass is 10.2. The Labute approximate surface area is 145 Å². The van der Waals surface area contributed by atoms with Crippen molar-refractivity contribution in [3.05, 3.63) is 59.7 Å². The minimum absolute atomic E-state index is 0.226. The standard InChI is InChI=1S/C17H13F4N3O2/c18-10-1-3-11(4-2-10)24-8-7-23(17(24)26)9-14(25)22-13-6-5-12(19)15(20)16(13)21/h1-6H,7-9H2,(H,22,25). The molecule has 1 N–H and O–H groups in total. The second-order valence-electron chi connectivity index (χ2n) is 5.60. The Morgan fingerprint density at radius 1 is 0.962 bits per heavy atom. The molecule has 1 aliphatic rings. The van der Waals surface area contributed by atoms with Gasteiger partial charge in [-0.3, -0.25) is 9.69 Å². The van der Waals surface area contributed by atoms with Crippen LogP contribution < -0.4 is 10.2 Å². The number of amides is 3. The number of anilines is 2. The third-order valence-electron chi connectivity index (χ3n) is 3.88. The van der Waals surface area contributed by atoms with Gasteiger partial charge in [0.05, 0.1) is 5.69 Å². The number of carbonyl (C=O) groups is 2. The predicted molar refractivity (Wildman–Crippen MR) is 85.7 cm³/mol. The van der Waals surface area contributed by atoms with Crippen LogP contribution in [0.15, 0.2) is 36.4 Å². The van der Waals surface area contributed by atoms with Gasteiger partial charge in [0.25, 0.3) is 0 Å². The van der Waals surface area contributed by atoms with E-state index in [4.69, 9.17) is 0 Å². The molecular weight excluding hydrogens is 354 g/mol. The van der Waals surface area contributed by atoms with E-state index < -0.39 is 47.4 Å². The smallest absolute Gasteiger partial charge is 0.322 e. The molecule has 0 radical (unpaired) electrons. The summed E-state index contributed by atoms with van der Waals surface area (Å²) in [5, 5.41) is 2.11. The first kappa shape index (κ1) is 17.7. The quantitative estimate of drug-likeness (QED) is 0.667. The Kier molecular flexibility index (Phi) is 4.79. The summed E-state index contributed by atoms with van der Waals surface area (Å²) < 4.78 is 52.6. The fourth-order valence-electron chi connectivity index (χ4n) is 2.58. The van der Waals surface area contributed by atoms with E-state index in [0.29, 0.717) is 11.8 Å². The lowest BCUT2D eigenvalue weighted by Gasteiger charge is -2.18. The second-order valence-corrected chi connectivity index (χ2v) is 5.60. The molecule has 2 aromatic carbocycles. The summed E-state index contributed by atoms with van der Waals surface area (Å²) in [7, 11) is 0. The number of carbonyl (C=O) groups excluding carboxylic acids is 2. The molecule has 136 valence electrons. The van der Waals surface area contributed by atoms with Gasteiger partial charge in [0.1, 0.15) is 12.4 Å². The van der Waals surface area contributed by atoms with E-state index in [1.165, 1.54) is 34.1 Å². The molecule has 5 nitrogen and oxygen atoms in total. The zero-order valence-corrected chi connectivity index (χ0v) is 13.3. The van der Waals surface area contributed by atoms with E-state index in [9.17, 15) is 27.2 Å². The zero-order valence-electron chi connectivity index (χ0n) is 13.3. The molecule has 0 aromatic heterocycles. The highest BCUT2D eigenvalue weighted by molar-refractivity contribution is 5.99. The summed E-state index contributed by atoms with van der Waals surface area (Å²) in [5.74, 6) is -5.78. The average Bonchev–Trinajstić information content (AvgIpc) is 2.97. The maximum absolute atomic E-state index is 13.6. The van der Waals surface area contributed by atoms with Gasteiger partial charge >= 0.3 is 6.03 Å². The summed E-state index contributed by atoms with van der Waals surface area (Å²) >= 11 is 0. The lowest BCUT2D eigenvalue weighted by Crippen LogP contribution is -2.37. The van der Waals surface area contributed by atoms with Gasteiger partial charge < -0.3 is 10.2 Å². The molecule has 3 rings (SSSR count). The minimum atomic E-state index is -1.69. The average molecular weight is 367 g/mol. The Balaban J connectivity index is 1.64. The van der Waals surface area contributed by atoms with Crippen LogP contribution in [0.5, 0.6) is 0 Å². The molecule has 3 amide bonds. The summed E-state index contributed by atoms with van der Waals surface area (Å²) in [6, 6.07) is 6.40. The highest BCUT2D eigenvalue weighted by Crippen LogP contribution is 2.22. The SMILES string of the molecule is O=C(CN1CCN(c2ccc(F)cc2)C1=O)Nc1ccc(F)c(F)c1F. The normalized spacial score (nSPS) is 14.1. The topological polar surface area (TPSA) is 52.7 Å². The highest BCUT2D eigenvalue weighted by atomic mass is 19.2. The van der Waals surface area contributed by atoms with E-state index >= 15 is 0 Å². The third-order valence-corrected chi connectivity index (χ3v) is 3.88. The van der Waals surface area contributed by atoms with Crippen molar-refractivity contribution in [1.29, 1.82) is 0 Å². The number of nitrogens with one attached hydrogen (secondary N) is 1. The van der Waals surface area contributed by atoms with Crippen LogP contribution in [0, 0.1) is 23.3 Å². The fraction of sp³-hybridized carbons (Fsp3) is 0.176. The molecule has 26 heavy (non-hydrogen) atoms. The van der Waals surface area contributed by atoms with Crippen molar-refractivity contribution in [3.8, 4) is 0 Å². The molecule has 0 aliphatic carbocycles. The molecule has 1 heterocycles. The van der Waals surface area contributed by atoms with Gasteiger partial charge in [0.2, 0.25) is 5.91 Å². The molecule has 9 heteroatoms. The number of halogens is 4. The Hall–Kier alpha value is -3.10. The van der Waals surface area contributed by atoms with E-state index in [1.54, 1.807) is 0 Å². The van der Waals surface area contributed by atoms with Crippen LogP contribution >= 0.6 is 0 Å². The van der Waals surface area contributed by atoms with Gasteiger partial charge in [-0.25, -0.2) is 22.4 Å². The van der Waals surface area contributed by atoms with E-state index in [-0.39, 0.29) is 13.1 Å². The molecule has 1 fully saturated rings. The molecule has 0 saturated carbocycles. The van der Waals surface area contributed by atoms with Crippen LogP contribution in [0.1, 0.15) is 0 Å². The van der Waals surface area contributed by atoms with Crippen molar-refractivity contribution < 1.29 is 27.2 Å². The van der Waals surface area contributed by atoms with Gasteiger partial charge in [-0.2, -0.15) is 0 Å². The number of hydrogen-bond acceptors (Lipinski definition) is 2. The Bertz CT molecular complexity index is 858. The first-order valence-corrected chi connectivity index (χ1v) is 7.62. The van der Waals surface area contributed by atoms with Crippen molar-refractivity contribution in [3.63, 3.8) is 0 Å². The van der Waals surface area contributed by atoms with Crippen LogP contribution in [0.25, 0.3) is 0 Å². The third kappa shape index (κ3) is 3.46. The number of benzene rings is 2. The molecular formula is C17H13F4N3O2. The van der Waals surface area contributed by atoms with Crippen molar-refractivity contribution in [2.24, 2.45) is 0 Å². The lowest BCUT2D eigenvalue weighted by molar-refractivity contribution is -0.116. The number of nitrogens with zero attached hydrogens (tertiary/aromatic N) is 2. The molecule has 1 aliphatic heterocycles. The van der Waals surface area contributed by atoms with E-state index in [2.05, 4.69) is 5.32 Å². The molecule has 2 aromatic rings. The fourth-order valence-corrected chi connectivity index (χ4v) is 2.58. The monoisotopic (exact) mass is 367 g/mol. The van der Waals surface area contributed by atoms with Gasteiger partial charge in [0, 0.05) is 18.8 Å². The summed E-state index contributed by atoms with van der Waals surface area (Å²) in [6.45, 7) is 0.121. The van der Waals surface area contributed by atoms with Crippen LogP contribution in [0.3, 0.4) is 0 Å². The number of urea groups is 1. The zero-order chi connectivity index (χ0) is 18.8. The van der Waals surface area contributed by atoms with Gasteiger partial charge in [0.15, 0.2) is 17.5 Å². The van der Waals surface area contributed by atoms with Crippen molar-refractivity contribution in [1.82, 2.24) is 4.90 Å². The van der Waals surface area contributed by atoms with Gasteiger partial charge in [-0.1, -0.05) is 0 Å². The summed E-state index contributed by atoms with van der Waals surface area (Å²) in [6.07, 6.45) is 0. The van der Waals surface area contributed by atoms with Crippen LogP contribution in [-0.4, -0.2) is 36.5 Å². The van der Waals surface area contributed by atoms with Crippen LogP contribution in [-0.2, 0) is 4.79 Å². The van der Waals surface area contributed by atoms with Gasteiger partial charge in [-0.15, -0.1) is 0 Å². The minimum Gasteiger partial charge on any atom is -0.322 e. The Morgan fingerprint density at radius 2 is 1.65 bits per heavy atom. The first-order valence-electron chi connectivity index (χ1n) is 7.62. The van der Waals surface area contributed by atoms with Crippen molar-refractivity contribution in [2.45, 2.75) is 0 Å². The first-order chi connectivity index (χ1) is 12.4. The molecule has 0 atom stereocenters. The van der Waals surface area contributed by atoms with E-state index in [0.717, 1.165) is 6.07 Å². The number of rotatable bonds is 4. The maximum Gasteiger partial charge on any atom is 0.325 e.